The first-order chi connectivity index (χ1) is 10.6. The number of nitrogens with zero attached hydrogens (tertiary/aromatic N) is 4. The van der Waals surface area contributed by atoms with Crippen molar-refractivity contribution >= 4 is 29.4 Å². The molecule has 9 heteroatoms. The number of nitrogens with one attached hydrogen (secondary N) is 2. The zero-order chi connectivity index (χ0) is 15.5. The second-order valence-corrected chi connectivity index (χ2v) is 6.08. The molecule has 1 amide bonds. The molecule has 0 saturated heterocycles. The number of amides is 1. The highest BCUT2D eigenvalue weighted by Gasteiger charge is 2.24. The van der Waals surface area contributed by atoms with Crippen molar-refractivity contribution in [1.82, 2.24) is 25.1 Å². The summed E-state index contributed by atoms with van der Waals surface area (Å²) in [5.74, 6) is 0.485. The molecular formula is C13H14N6O2S. The Hall–Kier alpha value is -2.29. The van der Waals surface area contributed by atoms with E-state index in [1.165, 1.54) is 24.3 Å². The van der Waals surface area contributed by atoms with E-state index in [1.807, 2.05) is 6.92 Å². The summed E-state index contributed by atoms with van der Waals surface area (Å²) in [7, 11) is 0. The van der Waals surface area contributed by atoms with Crippen LogP contribution in [-0.2, 0) is 11.2 Å². The third-order valence-electron chi connectivity index (χ3n) is 3.23. The standard InChI is InChI=1S/C13H14N6O2S/c1-7-2-9-8(10(20)3-7)4-14-12(17-9)18-11(21)5-22-13-15-6-16-19-13/h4,6-7H,2-3,5H2,1H3,(H,15,16,19)(H,14,17,18,21). The van der Waals surface area contributed by atoms with Crippen molar-refractivity contribution in [2.75, 3.05) is 11.1 Å². The van der Waals surface area contributed by atoms with Gasteiger partial charge in [0.25, 0.3) is 0 Å². The van der Waals surface area contributed by atoms with Crippen molar-refractivity contribution in [2.24, 2.45) is 5.92 Å². The van der Waals surface area contributed by atoms with E-state index in [2.05, 4.69) is 30.5 Å². The number of H-pyrrole nitrogens is 1. The van der Waals surface area contributed by atoms with Crippen molar-refractivity contribution in [3.05, 3.63) is 23.8 Å². The summed E-state index contributed by atoms with van der Waals surface area (Å²) in [6, 6.07) is 0. The van der Waals surface area contributed by atoms with Gasteiger partial charge in [-0.15, -0.1) is 0 Å². The number of fused-ring (bicyclic) bond motifs is 1. The molecule has 2 aromatic rings. The Bertz CT molecular complexity index is 703. The van der Waals surface area contributed by atoms with Crippen molar-refractivity contribution in [1.29, 1.82) is 0 Å². The fourth-order valence-electron chi connectivity index (χ4n) is 2.25. The van der Waals surface area contributed by atoms with Crippen LogP contribution in [-0.4, -0.2) is 42.6 Å². The monoisotopic (exact) mass is 318 g/mol. The summed E-state index contributed by atoms with van der Waals surface area (Å²) in [6.45, 7) is 2.01. The normalized spacial score (nSPS) is 17.1. The maximum atomic E-state index is 11.9. The molecule has 8 nitrogen and oxygen atoms in total. The molecule has 0 aromatic carbocycles. The molecular weight excluding hydrogens is 304 g/mol. The van der Waals surface area contributed by atoms with E-state index < -0.39 is 0 Å². The molecule has 1 unspecified atom stereocenters. The molecule has 1 aliphatic carbocycles. The zero-order valence-corrected chi connectivity index (χ0v) is 12.7. The van der Waals surface area contributed by atoms with Crippen LogP contribution in [0.4, 0.5) is 5.95 Å². The van der Waals surface area contributed by atoms with Crippen LogP contribution in [0.1, 0.15) is 29.4 Å². The fourth-order valence-corrected chi connectivity index (χ4v) is 2.83. The summed E-state index contributed by atoms with van der Waals surface area (Å²) < 4.78 is 0. The summed E-state index contributed by atoms with van der Waals surface area (Å²) in [6.07, 6.45) is 4.12. The van der Waals surface area contributed by atoms with Crippen LogP contribution in [0.25, 0.3) is 0 Å². The molecule has 0 fully saturated rings. The number of aromatic amines is 1. The van der Waals surface area contributed by atoms with Gasteiger partial charge in [0, 0.05) is 12.6 Å². The average Bonchev–Trinajstić information content (AvgIpc) is 2.98. The molecule has 0 radical (unpaired) electrons. The number of thioether (sulfide) groups is 1. The van der Waals surface area contributed by atoms with E-state index in [0.717, 1.165) is 6.42 Å². The Labute approximate surface area is 130 Å². The van der Waals surface area contributed by atoms with E-state index in [-0.39, 0.29) is 29.3 Å². The minimum Gasteiger partial charge on any atom is -0.294 e. The third-order valence-corrected chi connectivity index (χ3v) is 4.10. The van der Waals surface area contributed by atoms with Crippen LogP contribution in [0.5, 0.6) is 0 Å². The number of carbonyl (C=O) groups excluding carboxylic acids is 2. The number of rotatable bonds is 4. The van der Waals surface area contributed by atoms with Gasteiger partial charge in [-0.25, -0.2) is 15.0 Å². The number of anilines is 1. The van der Waals surface area contributed by atoms with E-state index in [4.69, 9.17) is 0 Å². The molecule has 0 saturated carbocycles. The van der Waals surface area contributed by atoms with Gasteiger partial charge < -0.3 is 0 Å². The predicted octanol–water partition coefficient (Wildman–Crippen LogP) is 1.09. The van der Waals surface area contributed by atoms with Gasteiger partial charge in [-0.05, 0) is 12.3 Å². The lowest BCUT2D eigenvalue weighted by molar-refractivity contribution is -0.113. The number of aromatic nitrogens is 5. The molecule has 0 bridgehead atoms. The van der Waals surface area contributed by atoms with Gasteiger partial charge in [0.1, 0.15) is 6.33 Å². The van der Waals surface area contributed by atoms with Crippen molar-refractivity contribution in [3.63, 3.8) is 0 Å². The number of Topliss-reactive ketones (excluding diaryl/α,β-unsaturated/α-hetero) is 1. The molecule has 22 heavy (non-hydrogen) atoms. The van der Waals surface area contributed by atoms with Gasteiger partial charge in [-0.3, -0.25) is 20.0 Å². The van der Waals surface area contributed by atoms with Gasteiger partial charge in [-0.2, -0.15) is 5.10 Å². The van der Waals surface area contributed by atoms with E-state index in [0.29, 0.717) is 22.8 Å². The van der Waals surface area contributed by atoms with Gasteiger partial charge in [0.15, 0.2) is 10.9 Å². The van der Waals surface area contributed by atoms with E-state index in [1.54, 1.807) is 0 Å². The van der Waals surface area contributed by atoms with Crippen LogP contribution in [0.3, 0.4) is 0 Å². The van der Waals surface area contributed by atoms with Gasteiger partial charge in [-0.1, -0.05) is 18.7 Å². The number of carbonyl (C=O) groups is 2. The molecule has 2 heterocycles. The van der Waals surface area contributed by atoms with Crippen LogP contribution >= 0.6 is 11.8 Å². The lowest BCUT2D eigenvalue weighted by atomic mass is 9.88. The first-order valence-electron chi connectivity index (χ1n) is 6.79. The second kappa shape index (κ2) is 6.22. The van der Waals surface area contributed by atoms with Gasteiger partial charge >= 0.3 is 0 Å². The zero-order valence-electron chi connectivity index (χ0n) is 11.9. The Morgan fingerprint density at radius 2 is 2.32 bits per heavy atom. The van der Waals surface area contributed by atoms with Crippen LogP contribution in [0.15, 0.2) is 17.7 Å². The molecule has 2 aromatic heterocycles. The number of ketones is 1. The van der Waals surface area contributed by atoms with E-state index in [9.17, 15) is 9.59 Å². The molecule has 3 rings (SSSR count). The highest BCUT2D eigenvalue weighted by Crippen LogP contribution is 2.24. The first kappa shape index (κ1) is 14.6. The molecule has 114 valence electrons. The van der Waals surface area contributed by atoms with Crippen molar-refractivity contribution < 1.29 is 9.59 Å². The highest BCUT2D eigenvalue weighted by molar-refractivity contribution is 7.99. The maximum Gasteiger partial charge on any atom is 0.237 e. The number of hydrogen-bond donors (Lipinski definition) is 2. The SMILES string of the molecule is CC1CC(=O)c2cnc(NC(=O)CSc3ncn[nH]3)nc2C1. The van der Waals surface area contributed by atoms with Crippen LogP contribution in [0.2, 0.25) is 0 Å². The summed E-state index contributed by atoms with van der Waals surface area (Å²) in [4.78, 5) is 36.0. The molecule has 0 aliphatic heterocycles. The predicted molar refractivity (Wildman–Crippen MR) is 79.6 cm³/mol. The molecule has 1 aliphatic rings. The lowest BCUT2D eigenvalue weighted by Gasteiger charge is -2.19. The molecule has 0 spiro atoms. The number of hydrogen-bond acceptors (Lipinski definition) is 7. The Morgan fingerprint density at radius 3 is 3.09 bits per heavy atom. The minimum absolute atomic E-state index is 0.0625. The quantitative estimate of drug-likeness (QED) is 0.811. The van der Waals surface area contributed by atoms with Crippen molar-refractivity contribution in [2.45, 2.75) is 24.9 Å². The highest BCUT2D eigenvalue weighted by atomic mass is 32.2. The summed E-state index contributed by atoms with van der Waals surface area (Å²) in [5.41, 5.74) is 1.27. The Balaban J connectivity index is 1.64. The second-order valence-electron chi connectivity index (χ2n) is 5.12. The fraction of sp³-hybridized carbons (Fsp3) is 0.385. The third kappa shape index (κ3) is 3.30. The molecule has 2 N–H and O–H groups in total. The van der Waals surface area contributed by atoms with Gasteiger partial charge in [0.05, 0.1) is 17.0 Å². The van der Waals surface area contributed by atoms with Crippen LogP contribution < -0.4 is 5.32 Å². The Kier molecular flexibility index (Phi) is 4.14. The topological polar surface area (TPSA) is 114 Å². The van der Waals surface area contributed by atoms with Crippen molar-refractivity contribution in [3.8, 4) is 0 Å². The maximum absolute atomic E-state index is 11.9. The lowest BCUT2D eigenvalue weighted by Crippen LogP contribution is -2.22. The Morgan fingerprint density at radius 1 is 1.45 bits per heavy atom. The van der Waals surface area contributed by atoms with Gasteiger partial charge in [0.2, 0.25) is 11.9 Å². The molecule has 1 atom stereocenters. The minimum atomic E-state index is -0.239. The smallest absolute Gasteiger partial charge is 0.237 e. The largest absolute Gasteiger partial charge is 0.294 e. The van der Waals surface area contributed by atoms with E-state index >= 15 is 0 Å². The first-order valence-corrected chi connectivity index (χ1v) is 7.77. The van der Waals surface area contributed by atoms with Crippen LogP contribution in [0, 0.1) is 5.92 Å². The summed E-state index contributed by atoms with van der Waals surface area (Å²) >= 11 is 1.23. The summed E-state index contributed by atoms with van der Waals surface area (Å²) in [5, 5.41) is 9.56. The average molecular weight is 318 g/mol.